The molecule has 5 heteroatoms. The van der Waals surface area contributed by atoms with Gasteiger partial charge in [0.15, 0.2) is 0 Å². The first kappa shape index (κ1) is 13.3. The molecule has 1 amide bonds. The molecule has 2 rings (SSSR count). The van der Waals surface area contributed by atoms with Gasteiger partial charge in [-0.05, 0) is 60.5 Å². The van der Waals surface area contributed by atoms with Crippen molar-refractivity contribution in [3.8, 4) is 0 Å². The van der Waals surface area contributed by atoms with Crippen molar-refractivity contribution in [2.75, 3.05) is 13.1 Å². The summed E-state index contributed by atoms with van der Waals surface area (Å²) < 4.78 is 1.30. The molecule has 94 valence electrons. The van der Waals surface area contributed by atoms with Crippen LogP contribution in [0.1, 0.15) is 24.1 Å². The fraction of sp³-hybridized carbons (Fsp3) is 0.583. The van der Waals surface area contributed by atoms with E-state index in [0.29, 0.717) is 12.5 Å². The van der Waals surface area contributed by atoms with Crippen molar-refractivity contribution >= 4 is 39.8 Å². The van der Waals surface area contributed by atoms with Crippen LogP contribution in [0.4, 0.5) is 0 Å². The summed E-state index contributed by atoms with van der Waals surface area (Å²) in [5.41, 5.74) is 0. The van der Waals surface area contributed by atoms with E-state index in [0.717, 1.165) is 25.9 Å². The predicted octanol–water partition coefficient (Wildman–Crippen LogP) is 2.15. The average molecular weight is 364 g/mol. The van der Waals surface area contributed by atoms with Crippen LogP contribution in [-0.4, -0.2) is 25.0 Å². The van der Waals surface area contributed by atoms with Gasteiger partial charge in [0.2, 0.25) is 5.91 Å². The molecule has 0 bridgehead atoms. The first-order valence-electron chi connectivity index (χ1n) is 5.98. The van der Waals surface area contributed by atoms with E-state index in [-0.39, 0.29) is 5.91 Å². The zero-order valence-corrected chi connectivity index (χ0v) is 12.6. The maximum atomic E-state index is 11.6. The Morgan fingerprint density at radius 1 is 1.59 bits per heavy atom. The summed E-state index contributed by atoms with van der Waals surface area (Å²) in [6.07, 6.45) is 3.90. The van der Waals surface area contributed by atoms with Crippen molar-refractivity contribution in [1.82, 2.24) is 10.6 Å². The molecule has 2 N–H and O–H groups in total. The molecule has 0 radical (unpaired) electrons. The molecule has 1 aliphatic heterocycles. The highest BCUT2D eigenvalue weighted by molar-refractivity contribution is 14.1. The molecule has 1 aromatic heterocycles. The summed E-state index contributed by atoms with van der Waals surface area (Å²) >= 11 is 4.12. The number of hydrogen-bond acceptors (Lipinski definition) is 3. The second-order valence-corrected chi connectivity index (χ2v) is 7.37. The molecule has 1 aliphatic rings. The van der Waals surface area contributed by atoms with Gasteiger partial charge in [0.1, 0.15) is 0 Å². The minimum absolute atomic E-state index is 0.177. The molecule has 2 heterocycles. The van der Waals surface area contributed by atoms with Crippen molar-refractivity contribution in [3.63, 3.8) is 0 Å². The molecule has 0 aromatic carbocycles. The lowest BCUT2D eigenvalue weighted by Crippen LogP contribution is -2.32. The van der Waals surface area contributed by atoms with Crippen LogP contribution in [0, 0.1) is 2.88 Å². The standard InChI is InChI=1S/C12H17IN2OS/c13-11-4-3-10(17-11)5-7-15-12(16)8-9-2-1-6-14-9/h3-4,9,14H,1-2,5-8H2,(H,15,16). The molecular formula is C12H17IN2OS. The third kappa shape index (κ3) is 4.56. The Labute approximate surface area is 120 Å². The Balaban J connectivity index is 1.62. The van der Waals surface area contributed by atoms with E-state index in [2.05, 4.69) is 45.4 Å². The normalized spacial score (nSPS) is 19.5. The van der Waals surface area contributed by atoms with Crippen LogP contribution in [0.15, 0.2) is 12.1 Å². The zero-order valence-electron chi connectivity index (χ0n) is 9.67. The molecule has 0 saturated carbocycles. The lowest BCUT2D eigenvalue weighted by Gasteiger charge is -2.09. The smallest absolute Gasteiger partial charge is 0.221 e. The number of halogens is 1. The molecule has 1 aromatic rings. The number of thiophene rings is 1. The molecule has 3 nitrogen and oxygen atoms in total. The third-order valence-corrected chi connectivity index (χ3v) is 4.87. The van der Waals surface area contributed by atoms with Gasteiger partial charge in [-0.15, -0.1) is 11.3 Å². The maximum Gasteiger partial charge on any atom is 0.221 e. The summed E-state index contributed by atoms with van der Waals surface area (Å²) in [4.78, 5) is 13.0. The van der Waals surface area contributed by atoms with Crippen LogP contribution in [0.2, 0.25) is 0 Å². The van der Waals surface area contributed by atoms with E-state index < -0.39 is 0 Å². The molecule has 1 saturated heterocycles. The van der Waals surface area contributed by atoms with E-state index in [1.54, 1.807) is 11.3 Å². The Kier molecular flexibility index (Phi) is 5.24. The molecule has 17 heavy (non-hydrogen) atoms. The van der Waals surface area contributed by atoms with E-state index in [9.17, 15) is 4.79 Å². The highest BCUT2D eigenvalue weighted by Crippen LogP contribution is 2.18. The largest absolute Gasteiger partial charge is 0.356 e. The summed E-state index contributed by atoms with van der Waals surface area (Å²) in [5, 5.41) is 6.33. The highest BCUT2D eigenvalue weighted by Gasteiger charge is 2.17. The fourth-order valence-electron chi connectivity index (χ4n) is 2.04. The number of carbonyl (C=O) groups is 1. The van der Waals surface area contributed by atoms with Gasteiger partial charge in [-0.2, -0.15) is 0 Å². The summed E-state index contributed by atoms with van der Waals surface area (Å²) in [6.45, 7) is 1.81. The molecule has 1 atom stereocenters. The van der Waals surface area contributed by atoms with Crippen molar-refractivity contribution < 1.29 is 4.79 Å². The molecule has 0 spiro atoms. The number of amides is 1. The Morgan fingerprint density at radius 3 is 3.12 bits per heavy atom. The van der Waals surface area contributed by atoms with Gasteiger partial charge in [-0.3, -0.25) is 4.79 Å². The van der Waals surface area contributed by atoms with Gasteiger partial charge >= 0.3 is 0 Å². The van der Waals surface area contributed by atoms with Crippen LogP contribution in [0.25, 0.3) is 0 Å². The minimum atomic E-state index is 0.177. The number of carbonyl (C=O) groups excluding carboxylic acids is 1. The predicted molar refractivity (Wildman–Crippen MR) is 79.4 cm³/mol. The van der Waals surface area contributed by atoms with Crippen molar-refractivity contribution in [1.29, 1.82) is 0 Å². The van der Waals surface area contributed by atoms with Crippen LogP contribution < -0.4 is 10.6 Å². The Morgan fingerprint density at radius 2 is 2.47 bits per heavy atom. The van der Waals surface area contributed by atoms with Gasteiger partial charge in [-0.25, -0.2) is 0 Å². The van der Waals surface area contributed by atoms with E-state index >= 15 is 0 Å². The van der Waals surface area contributed by atoms with Gasteiger partial charge in [0, 0.05) is 23.9 Å². The highest BCUT2D eigenvalue weighted by atomic mass is 127. The monoisotopic (exact) mass is 364 g/mol. The maximum absolute atomic E-state index is 11.6. The quantitative estimate of drug-likeness (QED) is 0.787. The first-order chi connectivity index (χ1) is 8.24. The van der Waals surface area contributed by atoms with Crippen LogP contribution in [0.3, 0.4) is 0 Å². The lowest BCUT2D eigenvalue weighted by molar-refractivity contribution is -0.121. The van der Waals surface area contributed by atoms with Crippen LogP contribution in [-0.2, 0) is 11.2 Å². The Bertz CT molecular complexity index is 374. The number of hydrogen-bond donors (Lipinski definition) is 2. The van der Waals surface area contributed by atoms with Crippen LogP contribution >= 0.6 is 33.9 Å². The van der Waals surface area contributed by atoms with Crippen molar-refractivity contribution in [2.45, 2.75) is 31.7 Å². The van der Waals surface area contributed by atoms with E-state index in [1.807, 2.05) is 0 Å². The van der Waals surface area contributed by atoms with Gasteiger partial charge < -0.3 is 10.6 Å². The second kappa shape index (κ2) is 6.70. The SMILES string of the molecule is O=C(CC1CCCN1)NCCc1ccc(I)s1. The van der Waals surface area contributed by atoms with Crippen molar-refractivity contribution in [3.05, 3.63) is 19.9 Å². The molecular weight excluding hydrogens is 347 g/mol. The zero-order chi connectivity index (χ0) is 12.1. The van der Waals surface area contributed by atoms with Crippen LogP contribution in [0.5, 0.6) is 0 Å². The number of rotatable bonds is 5. The minimum Gasteiger partial charge on any atom is -0.356 e. The molecule has 0 aliphatic carbocycles. The summed E-state index contributed by atoms with van der Waals surface area (Å²) in [5.74, 6) is 0.177. The third-order valence-electron chi connectivity index (χ3n) is 2.92. The number of nitrogens with one attached hydrogen (secondary N) is 2. The van der Waals surface area contributed by atoms with E-state index in [4.69, 9.17) is 0 Å². The van der Waals surface area contributed by atoms with Gasteiger partial charge in [-0.1, -0.05) is 0 Å². The molecule has 1 fully saturated rings. The molecule has 1 unspecified atom stereocenters. The van der Waals surface area contributed by atoms with E-state index in [1.165, 1.54) is 14.2 Å². The summed E-state index contributed by atoms with van der Waals surface area (Å²) in [6, 6.07) is 4.65. The lowest BCUT2D eigenvalue weighted by atomic mass is 10.1. The Hall–Kier alpha value is -0.140. The topological polar surface area (TPSA) is 41.1 Å². The van der Waals surface area contributed by atoms with Gasteiger partial charge in [0.25, 0.3) is 0 Å². The average Bonchev–Trinajstić information content (AvgIpc) is 2.90. The summed E-state index contributed by atoms with van der Waals surface area (Å²) in [7, 11) is 0. The van der Waals surface area contributed by atoms with Crippen molar-refractivity contribution in [2.24, 2.45) is 0 Å². The van der Waals surface area contributed by atoms with Gasteiger partial charge in [0.05, 0.1) is 2.88 Å². The second-order valence-electron chi connectivity index (χ2n) is 4.30. The fourth-order valence-corrected chi connectivity index (χ4v) is 3.79. The first-order valence-corrected chi connectivity index (χ1v) is 7.88.